The van der Waals surface area contributed by atoms with E-state index in [-0.39, 0.29) is 0 Å². The summed E-state index contributed by atoms with van der Waals surface area (Å²) in [6, 6.07) is 18.1. The van der Waals surface area contributed by atoms with Crippen molar-refractivity contribution in [2.75, 3.05) is 11.9 Å². The van der Waals surface area contributed by atoms with Crippen molar-refractivity contribution in [3.63, 3.8) is 0 Å². The number of aromatic nitrogens is 2. The Hall–Kier alpha value is -2.52. The molecular formula is C20H20ClN3. The van der Waals surface area contributed by atoms with E-state index >= 15 is 0 Å². The maximum atomic E-state index is 5.95. The predicted octanol–water partition coefficient (Wildman–Crippen LogP) is 5.26. The summed E-state index contributed by atoms with van der Waals surface area (Å²) in [7, 11) is 2.01. The molecule has 1 heterocycles. The Morgan fingerprint density at radius 2 is 1.83 bits per heavy atom. The largest absolute Gasteiger partial charge is 0.352 e. The van der Waals surface area contributed by atoms with Crippen LogP contribution in [0.25, 0.3) is 17.3 Å². The van der Waals surface area contributed by atoms with Crippen LogP contribution >= 0.6 is 11.6 Å². The van der Waals surface area contributed by atoms with Crippen LogP contribution in [0.3, 0.4) is 0 Å². The van der Waals surface area contributed by atoms with Crippen molar-refractivity contribution in [3.8, 4) is 11.3 Å². The molecule has 0 aliphatic heterocycles. The molecule has 0 spiro atoms. The summed E-state index contributed by atoms with van der Waals surface area (Å²) in [6.07, 6.45) is 4.05. The molecule has 0 saturated carbocycles. The Morgan fingerprint density at radius 3 is 2.54 bits per heavy atom. The summed E-state index contributed by atoms with van der Waals surface area (Å²) >= 11 is 5.95. The molecule has 0 fully saturated rings. The van der Waals surface area contributed by atoms with Crippen LogP contribution in [0.2, 0.25) is 5.02 Å². The van der Waals surface area contributed by atoms with Crippen molar-refractivity contribution >= 4 is 23.6 Å². The molecule has 0 aliphatic rings. The average molecular weight is 338 g/mol. The number of anilines is 1. The number of nitrogens with zero attached hydrogens (tertiary/aromatic N) is 2. The van der Waals surface area contributed by atoms with Gasteiger partial charge in [0.05, 0.1) is 11.9 Å². The average Bonchev–Trinajstić information content (AvgIpc) is 2.95. The van der Waals surface area contributed by atoms with Crippen molar-refractivity contribution in [1.29, 1.82) is 0 Å². The number of halogens is 1. The topological polar surface area (TPSA) is 29.9 Å². The Bertz CT molecular complexity index is 833. The van der Waals surface area contributed by atoms with E-state index in [1.165, 1.54) is 11.1 Å². The lowest BCUT2D eigenvalue weighted by Gasteiger charge is -2.09. The van der Waals surface area contributed by atoms with E-state index in [0.29, 0.717) is 0 Å². The van der Waals surface area contributed by atoms with E-state index < -0.39 is 0 Å². The molecule has 0 radical (unpaired) electrons. The van der Waals surface area contributed by atoms with E-state index in [2.05, 4.69) is 40.0 Å². The van der Waals surface area contributed by atoms with Crippen molar-refractivity contribution in [2.45, 2.75) is 6.92 Å². The van der Waals surface area contributed by atoms with Gasteiger partial charge in [-0.25, -0.2) is 4.98 Å². The number of imidazole rings is 1. The van der Waals surface area contributed by atoms with Crippen molar-refractivity contribution in [2.24, 2.45) is 7.05 Å². The van der Waals surface area contributed by atoms with Crippen LogP contribution in [0.5, 0.6) is 0 Å². The zero-order valence-electron chi connectivity index (χ0n) is 13.8. The molecule has 0 aliphatic carbocycles. The van der Waals surface area contributed by atoms with Crippen LogP contribution < -0.4 is 5.32 Å². The Balaban J connectivity index is 1.70. The predicted molar refractivity (Wildman–Crippen MR) is 102 cm³/mol. The smallest absolute Gasteiger partial charge is 0.203 e. The van der Waals surface area contributed by atoms with Gasteiger partial charge < -0.3 is 9.88 Å². The zero-order chi connectivity index (χ0) is 16.9. The third-order valence-electron chi connectivity index (χ3n) is 3.87. The van der Waals surface area contributed by atoms with Gasteiger partial charge in [-0.2, -0.15) is 0 Å². The fraction of sp³-hybridized carbons (Fsp3) is 0.150. The molecule has 3 nitrogen and oxygen atoms in total. The molecular weight excluding hydrogens is 318 g/mol. The quantitative estimate of drug-likeness (QED) is 0.688. The Kier molecular flexibility index (Phi) is 5.02. The van der Waals surface area contributed by atoms with Crippen molar-refractivity contribution in [3.05, 3.63) is 77.0 Å². The highest BCUT2D eigenvalue weighted by molar-refractivity contribution is 6.30. The second-order valence-electron chi connectivity index (χ2n) is 5.79. The first-order chi connectivity index (χ1) is 11.6. The molecule has 0 unspecified atom stereocenters. The van der Waals surface area contributed by atoms with Crippen molar-refractivity contribution < 1.29 is 0 Å². The van der Waals surface area contributed by atoms with Crippen LogP contribution in [0.4, 0.5) is 5.95 Å². The molecule has 0 bridgehead atoms. The lowest BCUT2D eigenvalue weighted by Crippen LogP contribution is -2.08. The van der Waals surface area contributed by atoms with Gasteiger partial charge in [0.25, 0.3) is 0 Å². The minimum Gasteiger partial charge on any atom is -0.352 e. The molecule has 0 atom stereocenters. The number of hydrogen-bond donors (Lipinski definition) is 1. The maximum Gasteiger partial charge on any atom is 0.203 e. The third kappa shape index (κ3) is 3.87. The van der Waals surface area contributed by atoms with Gasteiger partial charge >= 0.3 is 0 Å². The summed E-state index contributed by atoms with van der Waals surface area (Å²) in [5.74, 6) is 0.848. The Morgan fingerprint density at radius 1 is 1.12 bits per heavy atom. The minimum absolute atomic E-state index is 0.737. The molecule has 3 rings (SSSR count). The highest BCUT2D eigenvalue weighted by Gasteiger charge is 2.08. The first-order valence-electron chi connectivity index (χ1n) is 7.87. The standard InChI is InChI=1S/C20H20ClN3/c1-15(12-16-6-4-3-5-7-16)13-22-20-23-14-19(24(20)2)17-8-10-18(21)11-9-17/h3-12,14H,13H2,1-2H3,(H,22,23)/b15-12+. The molecule has 1 aromatic heterocycles. The third-order valence-corrected chi connectivity index (χ3v) is 4.12. The van der Waals surface area contributed by atoms with Crippen LogP contribution in [0.15, 0.2) is 66.4 Å². The van der Waals surface area contributed by atoms with Gasteiger partial charge in [-0.15, -0.1) is 0 Å². The second-order valence-corrected chi connectivity index (χ2v) is 6.22. The molecule has 0 saturated heterocycles. The second kappa shape index (κ2) is 7.37. The van der Waals surface area contributed by atoms with Gasteiger partial charge in [0.15, 0.2) is 0 Å². The number of benzene rings is 2. The monoisotopic (exact) mass is 337 g/mol. The van der Waals surface area contributed by atoms with E-state index in [0.717, 1.165) is 28.8 Å². The summed E-state index contributed by atoms with van der Waals surface area (Å²) in [6.45, 7) is 2.86. The summed E-state index contributed by atoms with van der Waals surface area (Å²) in [5.41, 5.74) is 4.61. The number of nitrogens with one attached hydrogen (secondary N) is 1. The van der Waals surface area contributed by atoms with Gasteiger partial charge in [-0.1, -0.05) is 65.7 Å². The highest BCUT2D eigenvalue weighted by Crippen LogP contribution is 2.23. The molecule has 24 heavy (non-hydrogen) atoms. The number of hydrogen-bond acceptors (Lipinski definition) is 2. The van der Waals surface area contributed by atoms with Crippen molar-refractivity contribution in [1.82, 2.24) is 9.55 Å². The fourth-order valence-corrected chi connectivity index (χ4v) is 2.69. The van der Waals surface area contributed by atoms with E-state index in [1.807, 2.05) is 55.7 Å². The normalized spacial score (nSPS) is 11.5. The van der Waals surface area contributed by atoms with Gasteiger partial charge in [-0.3, -0.25) is 0 Å². The lowest BCUT2D eigenvalue weighted by atomic mass is 10.1. The molecule has 4 heteroatoms. The van der Waals surface area contributed by atoms with Gasteiger partial charge in [0.2, 0.25) is 5.95 Å². The van der Waals surface area contributed by atoms with Crippen LogP contribution in [0, 0.1) is 0 Å². The van der Waals surface area contributed by atoms with E-state index in [9.17, 15) is 0 Å². The lowest BCUT2D eigenvalue weighted by molar-refractivity contribution is 0.916. The van der Waals surface area contributed by atoms with Crippen LogP contribution in [-0.2, 0) is 7.05 Å². The molecule has 2 aromatic carbocycles. The molecule has 122 valence electrons. The molecule has 0 amide bonds. The summed E-state index contributed by atoms with van der Waals surface area (Å²) in [4.78, 5) is 4.49. The number of rotatable bonds is 5. The first-order valence-corrected chi connectivity index (χ1v) is 8.25. The zero-order valence-corrected chi connectivity index (χ0v) is 14.6. The fourth-order valence-electron chi connectivity index (χ4n) is 2.57. The highest BCUT2D eigenvalue weighted by atomic mass is 35.5. The molecule has 3 aromatic rings. The van der Waals surface area contributed by atoms with Gasteiger partial charge in [-0.05, 0) is 30.2 Å². The minimum atomic E-state index is 0.737. The Labute approximate surface area is 147 Å². The first kappa shape index (κ1) is 16.3. The maximum absolute atomic E-state index is 5.95. The van der Waals surface area contributed by atoms with Crippen LogP contribution in [-0.4, -0.2) is 16.1 Å². The molecule has 1 N–H and O–H groups in total. The van der Waals surface area contributed by atoms with E-state index in [4.69, 9.17) is 11.6 Å². The summed E-state index contributed by atoms with van der Waals surface area (Å²) in [5, 5.41) is 4.13. The SMILES string of the molecule is C/C(=C\c1ccccc1)CNc1ncc(-c2ccc(Cl)cc2)n1C. The van der Waals surface area contributed by atoms with Gasteiger partial charge in [0.1, 0.15) is 0 Å². The van der Waals surface area contributed by atoms with Gasteiger partial charge in [0, 0.05) is 18.6 Å². The van der Waals surface area contributed by atoms with Crippen LogP contribution in [0.1, 0.15) is 12.5 Å². The summed E-state index contributed by atoms with van der Waals surface area (Å²) < 4.78 is 2.05. The van der Waals surface area contributed by atoms with E-state index in [1.54, 1.807) is 0 Å².